The molecule has 0 heterocycles. The number of hydrogen-bond acceptors (Lipinski definition) is 2. The monoisotopic (exact) mass is 352 g/mol. The quantitative estimate of drug-likeness (QED) is 0.851. The summed E-state index contributed by atoms with van der Waals surface area (Å²) in [5.74, 6) is 0.0164. The third kappa shape index (κ3) is 3.95. The number of aryl methyl sites for hydroxylation is 1. The second-order valence-corrected chi connectivity index (χ2v) is 5.32. The second-order valence-electron chi connectivity index (χ2n) is 4.41. The van der Waals surface area contributed by atoms with Gasteiger partial charge in [-0.05, 0) is 42.8 Å². The van der Waals surface area contributed by atoms with Gasteiger partial charge in [-0.3, -0.25) is 0 Å². The van der Waals surface area contributed by atoms with Crippen molar-refractivity contribution in [2.45, 2.75) is 6.92 Å². The average molecular weight is 353 g/mol. The van der Waals surface area contributed by atoms with Crippen molar-refractivity contribution in [3.8, 4) is 5.75 Å². The predicted octanol–water partition coefficient (Wildman–Crippen LogP) is 4.55. The molecule has 0 saturated carbocycles. The van der Waals surface area contributed by atoms with E-state index in [2.05, 4.69) is 26.6 Å². The summed E-state index contributed by atoms with van der Waals surface area (Å²) in [6, 6.07) is 9.26. The molecule has 0 spiro atoms. The Morgan fingerprint density at radius 1 is 1.14 bits per heavy atom. The van der Waals surface area contributed by atoms with Crippen LogP contribution in [0.2, 0.25) is 0 Å². The number of methoxy groups -OCH3 is 1. The Labute approximate surface area is 130 Å². The van der Waals surface area contributed by atoms with Gasteiger partial charge in [-0.25, -0.2) is 9.18 Å². The third-order valence-electron chi connectivity index (χ3n) is 2.78. The first-order valence-electron chi connectivity index (χ1n) is 6.17. The Hall–Kier alpha value is -2.08. The maximum absolute atomic E-state index is 13.7. The van der Waals surface area contributed by atoms with Crippen LogP contribution < -0.4 is 15.4 Å². The Bertz CT molecular complexity index is 677. The van der Waals surface area contributed by atoms with E-state index >= 15 is 0 Å². The first-order valence-corrected chi connectivity index (χ1v) is 6.96. The Morgan fingerprint density at radius 2 is 1.86 bits per heavy atom. The number of urea groups is 1. The van der Waals surface area contributed by atoms with Gasteiger partial charge in [-0.1, -0.05) is 22.0 Å². The smallest absolute Gasteiger partial charge is 0.323 e. The Morgan fingerprint density at radius 3 is 2.52 bits per heavy atom. The van der Waals surface area contributed by atoms with Gasteiger partial charge in [-0.15, -0.1) is 0 Å². The summed E-state index contributed by atoms with van der Waals surface area (Å²) in [5.41, 5.74) is 1.59. The molecule has 0 aromatic heterocycles. The molecule has 0 saturated heterocycles. The summed E-state index contributed by atoms with van der Waals surface area (Å²) in [6.07, 6.45) is 0. The summed E-state index contributed by atoms with van der Waals surface area (Å²) < 4.78 is 19.4. The molecule has 0 bridgehead atoms. The molecule has 2 aromatic rings. The molecule has 0 fully saturated rings. The lowest BCUT2D eigenvalue weighted by molar-refractivity contribution is 0.262. The van der Waals surface area contributed by atoms with E-state index in [-0.39, 0.29) is 5.69 Å². The fraction of sp³-hybridized carbons (Fsp3) is 0.133. The van der Waals surface area contributed by atoms with Crippen LogP contribution in [0.1, 0.15) is 5.56 Å². The fourth-order valence-electron chi connectivity index (χ4n) is 1.79. The second kappa shape index (κ2) is 6.58. The SMILES string of the molecule is COc1ccc(C)cc1NC(=O)Nc1ccc(Br)cc1F. The lowest BCUT2D eigenvalue weighted by atomic mass is 10.2. The van der Waals surface area contributed by atoms with E-state index in [0.29, 0.717) is 15.9 Å². The minimum absolute atomic E-state index is 0.0994. The van der Waals surface area contributed by atoms with Crippen LogP contribution in [0.3, 0.4) is 0 Å². The number of carbonyl (C=O) groups is 1. The van der Waals surface area contributed by atoms with Crippen molar-refractivity contribution in [1.82, 2.24) is 0 Å². The Balaban J connectivity index is 2.13. The van der Waals surface area contributed by atoms with Crippen molar-refractivity contribution in [2.75, 3.05) is 17.7 Å². The highest BCUT2D eigenvalue weighted by molar-refractivity contribution is 9.10. The molecular formula is C15H14BrFN2O2. The largest absolute Gasteiger partial charge is 0.495 e. The molecule has 2 N–H and O–H groups in total. The van der Waals surface area contributed by atoms with Crippen molar-refractivity contribution >= 4 is 33.3 Å². The summed E-state index contributed by atoms with van der Waals surface area (Å²) in [6.45, 7) is 1.90. The highest BCUT2D eigenvalue weighted by Gasteiger charge is 2.10. The molecule has 0 aliphatic heterocycles. The maximum Gasteiger partial charge on any atom is 0.323 e. The van der Waals surface area contributed by atoms with E-state index in [9.17, 15) is 9.18 Å². The molecule has 4 nitrogen and oxygen atoms in total. The van der Waals surface area contributed by atoms with Gasteiger partial charge in [0.25, 0.3) is 0 Å². The number of benzene rings is 2. The van der Waals surface area contributed by atoms with Gasteiger partial charge in [-0.2, -0.15) is 0 Å². The summed E-state index contributed by atoms with van der Waals surface area (Å²) in [5, 5.41) is 5.09. The highest BCUT2D eigenvalue weighted by Crippen LogP contribution is 2.26. The number of hydrogen-bond donors (Lipinski definition) is 2. The number of rotatable bonds is 3. The molecule has 110 valence electrons. The van der Waals surface area contributed by atoms with Gasteiger partial charge in [0, 0.05) is 4.47 Å². The van der Waals surface area contributed by atoms with Gasteiger partial charge in [0.15, 0.2) is 0 Å². The van der Waals surface area contributed by atoms with Gasteiger partial charge in [0.05, 0.1) is 18.5 Å². The van der Waals surface area contributed by atoms with Gasteiger partial charge >= 0.3 is 6.03 Å². The van der Waals surface area contributed by atoms with Crippen molar-refractivity contribution in [3.05, 3.63) is 52.3 Å². The molecular weight excluding hydrogens is 339 g/mol. The van der Waals surface area contributed by atoms with Crippen LogP contribution in [-0.2, 0) is 0 Å². The highest BCUT2D eigenvalue weighted by atomic mass is 79.9. The standard InChI is InChI=1S/C15H14BrFN2O2/c1-9-3-6-14(21-2)13(7-9)19-15(20)18-12-5-4-10(16)8-11(12)17/h3-8H,1-2H3,(H2,18,19,20). The number of amides is 2. The van der Waals surface area contributed by atoms with Crippen LogP contribution in [0.4, 0.5) is 20.6 Å². The van der Waals surface area contributed by atoms with E-state index in [1.807, 2.05) is 13.0 Å². The van der Waals surface area contributed by atoms with Gasteiger partial charge in [0.2, 0.25) is 0 Å². The topological polar surface area (TPSA) is 50.4 Å². The van der Waals surface area contributed by atoms with Crippen LogP contribution in [0, 0.1) is 12.7 Å². The number of halogens is 2. The molecule has 0 unspecified atom stereocenters. The van der Waals surface area contributed by atoms with E-state index in [4.69, 9.17) is 4.74 Å². The van der Waals surface area contributed by atoms with E-state index in [0.717, 1.165) is 5.56 Å². The van der Waals surface area contributed by atoms with Gasteiger partial charge in [0.1, 0.15) is 11.6 Å². The predicted molar refractivity (Wildman–Crippen MR) is 84.5 cm³/mol. The van der Waals surface area contributed by atoms with E-state index in [1.54, 1.807) is 18.2 Å². The number of carbonyl (C=O) groups excluding carboxylic acids is 1. The van der Waals surface area contributed by atoms with Crippen LogP contribution in [0.25, 0.3) is 0 Å². The maximum atomic E-state index is 13.7. The molecule has 0 radical (unpaired) electrons. The molecule has 0 atom stereocenters. The zero-order valence-corrected chi connectivity index (χ0v) is 13.1. The van der Waals surface area contributed by atoms with Crippen molar-refractivity contribution in [3.63, 3.8) is 0 Å². The van der Waals surface area contributed by atoms with Crippen LogP contribution in [0.15, 0.2) is 40.9 Å². The summed E-state index contributed by atoms with van der Waals surface area (Å²) in [7, 11) is 1.52. The average Bonchev–Trinajstić information content (AvgIpc) is 2.42. The number of anilines is 2. The Kier molecular flexibility index (Phi) is 4.80. The fourth-order valence-corrected chi connectivity index (χ4v) is 2.12. The van der Waals surface area contributed by atoms with Crippen LogP contribution in [0.5, 0.6) is 5.75 Å². The molecule has 21 heavy (non-hydrogen) atoms. The first-order chi connectivity index (χ1) is 9.99. The lowest BCUT2D eigenvalue weighted by Crippen LogP contribution is -2.20. The zero-order valence-electron chi connectivity index (χ0n) is 11.5. The van der Waals surface area contributed by atoms with E-state index in [1.165, 1.54) is 19.2 Å². The minimum atomic E-state index is -0.542. The normalized spacial score (nSPS) is 10.1. The van der Waals surface area contributed by atoms with Crippen LogP contribution >= 0.6 is 15.9 Å². The number of nitrogens with one attached hydrogen (secondary N) is 2. The molecule has 2 amide bonds. The lowest BCUT2D eigenvalue weighted by Gasteiger charge is -2.12. The summed E-state index contributed by atoms with van der Waals surface area (Å²) >= 11 is 3.16. The first kappa shape index (κ1) is 15.3. The third-order valence-corrected chi connectivity index (χ3v) is 3.28. The number of ether oxygens (including phenoxy) is 1. The zero-order chi connectivity index (χ0) is 15.4. The molecule has 2 rings (SSSR count). The van der Waals surface area contributed by atoms with E-state index < -0.39 is 11.8 Å². The van der Waals surface area contributed by atoms with Crippen LogP contribution in [-0.4, -0.2) is 13.1 Å². The van der Waals surface area contributed by atoms with Crippen molar-refractivity contribution in [2.24, 2.45) is 0 Å². The summed E-state index contributed by atoms with van der Waals surface area (Å²) in [4.78, 5) is 11.9. The molecule has 0 aliphatic rings. The van der Waals surface area contributed by atoms with Crippen molar-refractivity contribution in [1.29, 1.82) is 0 Å². The molecule has 6 heteroatoms. The van der Waals surface area contributed by atoms with Crippen molar-refractivity contribution < 1.29 is 13.9 Å². The minimum Gasteiger partial charge on any atom is -0.495 e. The molecule has 0 aliphatic carbocycles. The molecule has 2 aromatic carbocycles. The van der Waals surface area contributed by atoms with Gasteiger partial charge < -0.3 is 15.4 Å².